The van der Waals surface area contributed by atoms with Crippen molar-refractivity contribution < 1.29 is 10.0 Å². The van der Waals surface area contributed by atoms with E-state index in [1.807, 2.05) is 0 Å². The van der Waals surface area contributed by atoms with Crippen molar-refractivity contribution in [2.45, 2.75) is 0 Å². The number of nitrogens with zero attached hydrogens (tertiary/aromatic N) is 4. The third kappa shape index (κ3) is 2.15. The van der Waals surface area contributed by atoms with Crippen LogP contribution in [0.25, 0.3) is 5.82 Å². The Balaban J connectivity index is 2.37. The van der Waals surface area contributed by atoms with Gasteiger partial charge in [0, 0.05) is 17.9 Å². The molecule has 0 unspecified atom stereocenters. The number of hydrogen-bond acceptors (Lipinski definition) is 5. The van der Waals surface area contributed by atoms with Crippen LogP contribution in [0.3, 0.4) is 0 Å². The molecular formula is C7H6BClN4O2. The molecule has 0 fully saturated rings. The molecule has 0 saturated carbocycles. The molecule has 0 spiro atoms. The molecule has 0 atom stereocenters. The zero-order chi connectivity index (χ0) is 10.8. The highest BCUT2D eigenvalue weighted by Crippen LogP contribution is 2.05. The van der Waals surface area contributed by atoms with Crippen molar-refractivity contribution in [1.29, 1.82) is 0 Å². The van der Waals surface area contributed by atoms with Crippen molar-refractivity contribution in [3.63, 3.8) is 0 Å². The Morgan fingerprint density at radius 1 is 1.27 bits per heavy atom. The van der Waals surface area contributed by atoms with Gasteiger partial charge in [-0.3, -0.25) is 4.98 Å². The van der Waals surface area contributed by atoms with Crippen molar-refractivity contribution in [1.82, 2.24) is 19.7 Å². The fraction of sp³-hybridized carbons (Fsp3) is 0. The second-order valence-corrected chi connectivity index (χ2v) is 3.18. The standard InChI is InChI=1S/C7H6BClN4O2/c9-6-2-10-3-7(12-6)13-4-5(1-11-13)8(14)15/h1-4,14-15H. The predicted octanol–water partition coefficient (Wildman–Crippen LogP) is -1.00. The smallest absolute Gasteiger partial charge is 0.423 e. The Morgan fingerprint density at radius 2 is 2.07 bits per heavy atom. The van der Waals surface area contributed by atoms with E-state index in [-0.39, 0.29) is 10.6 Å². The van der Waals surface area contributed by atoms with Gasteiger partial charge in [0.05, 0.1) is 12.4 Å². The van der Waals surface area contributed by atoms with Gasteiger partial charge in [-0.1, -0.05) is 11.6 Å². The lowest BCUT2D eigenvalue weighted by molar-refractivity contribution is 0.426. The Labute approximate surface area is 90.3 Å². The summed E-state index contributed by atoms with van der Waals surface area (Å²) in [5.74, 6) is 0.411. The lowest BCUT2D eigenvalue weighted by Gasteiger charge is -1.98. The summed E-state index contributed by atoms with van der Waals surface area (Å²) in [5, 5.41) is 21.9. The highest BCUT2D eigenvalue weighted by Gasteiger charge is 2.14. The molecule has 0 amide bonds. The van der Waals surface area contributed by atoms with E-state index in [2.05, 4.69) is 15.1 Å². The van der Waals surface area contributed by atoms with Crippen molar-refractivity contribution in [3.8, 4) is 5.82 Å². The molecule has 76 valence electrons. The maximum Gasteiger partial charge on any atom is 0.491 e. The van der Waals surface area contributed by atoms with E-state index >= 15 is 0 Å². The summed E-state index contributed by atoms with van der Waals surface area (Å²) >= 11 is 5.65. The zero-order valence-corrected chi connectivity index (χ0v) is 8.20. The van der Waals surface area contributed by atoms with Gasteiger partial charge in [-0.25, -0.2) is 9.67 Å². The summed E-state index contributed by atoms with van der Waals surface area (Å²) in [5.41, 5.74) is 0.275. The fourth-order valence-corrected chi connectivity index (χ4v) is 1.18. The lowest BCUT2D eigenvalue weighted by atomic mass is 9.83. The molecule has 0 aliphatic carbocycles. The van der Waals surface area contributed by atoms with Gasteiger partial charge in [0.2, 0.25) is 0 Å². The largest absolute Gasteiger partial charge is 0.491 e. The molecule has 2 rings (SSSR count). The molecule has 0 saturated heterocycles. The second kappa shape index (κ2) is 3.97. The van der Waals surface area contributed by atoms with E-state index in [1.54, 1.807) is 0 Å². The van der Waals surface area contributed by atoms with Crippen LogP contribution in [0.2, 0.25) is 5.15 Å². The summed E-state index contributed by atoms with van der Waals surface area (Å²) in [6.07, 6.45) is 5.63. The third-order valence-electron chi connectivity index (χ3n) is 1.73. The van der Waals surface area contributed by atoms with Crippen LogP contribution in [0.15, 0.2) is 24.8 Å². The maximum absolute atomic E-state index is 8.88. The number of rotatable bonds is 2. The Morgan fingerprint density at radius 3 is 2.67 bits per heavy atom. The van der Waals surface area contributed by atoms with E-state index in [0.29, 0.717) is 5.82 Å². The molecule has 0 aliphatic rings. The van der Waals surface area contributed by atoms with Gasteiger partial charge in [-0.2, -0.15) is 5.10 Å². The van der Waals surface area contributed by atoms with Crippen molar-refractivity contribution in [2.24, 2.45) is 0 Å². The van der Waals surface area contributed by atoms with E-state index in [9.17, 15) is 0 Å². The zero-order valence-electron chi connectivity index (χ0n) is 7.45. The maximum atomic E-state index is 8.88. The monoisotopic (exact) mass is 224 g/mol. The Bertz CT molecular complexity index is 476. The quantitative estimate of drug-likeness (QED) is 0.639. The van der Waals surface area contributed by atoms with Gasteiger partial charge >= 0.3 is 7.12 Å². The van der Waals surface area contributed by atoms with Crippen LogP contribution in [0.5, 0.6) is 0 Å². The van der Waals surface area contributed by atoms with Crippen LogP contribution in [-0.4, -0.2) is 36.9 Å². The minimum absolute atomic E-state index is 0.245. The predicted molar refractivity (Wildman–Crippen MR) is 54.0 cm³/mol. The highest BCUT2D eigenvalue weighted by atomic mass is 35.5. The Hall–Kier alpha value is -1.44. The van der Waals surface area contributed by atoms with E-state index in [0.717, 1.165) is 0 Å². The van der Waals surface area contributed by atoms with Gasteiger partial charge in [-0.15, -0.1) is 0 Å². The van der Waals surface area contributed by atoms with Crippen LogP contribution in [0.1, 0.15) is 0 Å². The van der Waals surface area contributed by atoms with Crippen LogP contribution in [0, 0.1) is 0 Å². The van der Waals surface area contributed by atoms with Crippen LogP contribution < -0.4 is 5.46 Å². The number of halogens is 1. The normalized spacial score (nSPS) is 10.3. The molecule has 8 heteroatoms. The summed E-state index contributed by atoms with van der Waals surface area (Å²) in [6, 6.07) is 0. The van der Waals surface area contributed by atoms with Gasteiger partial charge in [-0.05, 0) is 0 Å². The summed E-state index contributed by atoms with van der Waals surface area (Å²) in [7, 11) is -1.55. The molecule has 2 aromatic rings. The highest BCUT2D eigenvalue weighted by molar-refractivity contribution is 6.58. The molecule has 0 radical (unpaired) electrons. The molecule has 15 heavy (non-hydrogen) atoms. The van der Waals surface area contributed by atoms with Gasteiger partial charge in [0.15, 0.2) is 5.82 Å². The average Bonchev–Trinajstić information content (AvgIpc) is 2.66. The van der Waals surface area contributed by atoms with Crippen molar-refractivity contribution >= 4 is 24.2 Å². The van der Waals surface area contributed by atoms with E-state index in [4.69, 9.17) is 21.6 Å². The first-order valence-corrected chi connectivity index (χ1v) is 4.43. The van der Waals surface area contributed by atoms with Crippen molar-refractivity contribution in [3.05, 3.63) is 29.9 Å². The SMILES string of the molecule is OB(O)c1cnn(-c2cncc(Cl)n2)c1. The van der Waals surface area contributed by atoms with Crippen molar-refractivity contribution in [2.75, 3.05) is 0 Å². The van der Waals surface area contributed by atoms with Crippen LogP contribution >= 0.6 is 11.6 Å². The average molecular weight is 224 g/mol. The molecule has 0 aromatic carbocycles. The molecule has 2 heterocycles. The minimum atomic E-state index is -1.55. The molecular weight excluding hydrogens is 218 g/mol. The van der Waals surface area contributed by atoms with Crippen LogP contribution in [0.4, 0.5) is 0 Å². The molecule has 2 aromatic heterocycles. The molecule has 0 aliphatic heterocycles. The first-order chi connectivity index (χ1) is 7.16. The van der Waals surface area contributed by atoms with Gasteiger partial charge < -0.3 is 10.0 Å². The molecule has 2 N–H and O–H groups in total. The number of hydrogen-bond donors (Lipinski definition) is 2. The molecule has 0 bridgehead atoms. The summed E-state index contributed by atoms with van der Waals surface area (Å²) < 4.78 is 1.35. The first kappa shape index (κ1) is 10.1. The van der Waals surface area contributed by atoms with Gasteiger partial charge in [0.25, 0.3) is 0 Å². The summed E-state index contributed by atoms with van der Waals surface area (Å²) in [6.45, 7) is 0. The molecule has 6 nitrogen and oxygen atoms in total. The topological polar surface area (TPSA) is 84.1 Å². The van der Waals surface area contributed by atoms with E-state index in [1.165, 1.54) is 29.5 Å². The van der Waals surface area contributed by atoms with E-state index < -0.39 is 7.12 Å². The second-order valence-electron chi connectivity index (χ2n) is 2.79. The number of aromatic nitrogens is 4. The third-order valence-corrected chi connectivity index (χ3v) is 1.91. The van der Waals surface area contributed by atoms with Gasteiger partial charge in [0.1, 0.15) is 5.15 Å². The Kier molecular flexibility index (Phi) is 2.67. The first-order valence-electron chi connectivity index (χ1n) is 4.05. The minimum Gasteiger partial charge on any atom is -0.423 e. The summed E-state index contributed by atoms with van der Waals surface area (Å²) in [4.78, 5) is 7.79. The lowest BCUT2D eigenvalue weighted by Crippen LogP contribution is -2.28. The van der Waals surface area contributed by atoms with Crippen LogP contribution in [-0.2, 0) is 0 Å². The fourth-order valence-electron chi connectivity index (χ4n) is 1.04.